The number of aryl methyl sites for hydroxylation is 2. The molecule has 1 N–H and O–H groups in total. The van der Waals surface area contributed by atoms with Gasteiger partial charge in [0.25, 0.3) is 11.5 Å². The lowest BCUT2D eigenvalue weighted by Gasteiger charge is -2.22. The minimum atomic E-state index is -4.49. The quantitative estimate of drug-likeness (QED) is 0.700. The number of hydrogen-bond donors (Lipinski definition) is 1. The largest absolute Gasteiger partial charge is 0.506 e. The molecule has 0 saturated carbocycles. The van der Waals surface area contributed by atoms with Crippen LogP contribution < -0.4 is 10.5 Å². The molecular formula is C19H17F3N2O3S. The summed E-state index contributed by atoms with van der Waals surface area (Å²) < 4.78 is 39.6. The highest BCUT2D eigenvalue weighted by Gasteiger charge is 2.31. The van der Waals surface area contributed by atoms with Crippen LogP contribution in [0.2, 0.25) is 0 Å². The van der Waals surface area contributed by atoms with E-state index >= 15 is 0 Å². The molecule has 1 aromatic carbocycles. The summed E-state index contributed by atoms with van der Waals surface area (Å²) in [7, 11) is 1.51. The van der Waals surface area contributed by atoms with Gasteiger partial charge in [0.1, 0.15) is 16.1 Å². The number of hydrogen-bond acceptors (Lipinski definition) is 4. The number of thiophene rings is 1. The summed E-state index contributed by atoms with van der Waals surface area (Å²) in [6.07, 6.45) is -4.49. The Bertz CT molecular complexity index is 1110. The predicted octanol–water partition coefficient (Wildman–Crippen LogP) is 4.30. The fraction of sp³-hybridized carbons (Fsp3) is 0.263. The summed E-state index contributed by atoms with van der Waals surface area (Å²) in [6.45, 7) is 3.49. The molecule has 1 amide bonds. The van der Waals surface area contributed by atoms with Crippen LogP contribution in [0.3, 0.4) is 0 Å². The third kappa shape index (κ3) is 3.15. The van der Waals surface area contributed by atoms with E-state index in [0.717, 1.165) is 22.6 Å². The van der Waals surface area contributed by atoms with E-state index in [-0.39, 0.29) is 12.2 Å². The summed E-state index contributed by atoms with van der Waals surface area (Å²) in [6, 6.07) is 4.07. The molecule has 0 radical (unpaired) electrons. The lowest BCUT2D eigenvalue weighted by Crippen LogP contribution is -2.36. The molecule has 0 saturated heterocycles. The number of carbonyl (C=O) groups is 1. The van der Waals surface area contributed by atoms with Crippen LogP contribution >= 0.6 is 11.3 Å². The van der Waals surface area contributed by atoms with Crippen molar-refractivity contribution in [3.63, 3.8) is 0 Å². The van der Waals surface area contributed by atoms with Gasteiger partial charge in [0.15, 0.2) is 0 Å². The molecule has 0 aliphatic rings. The first kappa shape index (κ1) is 19.9. The Kier molecular flexibility index (Phi) is 4.97. The van der Waals surface area contributed by atoms with Crippen LogP contribution in [0.1, 0.15) is 28.4 Å². The maximum Gasteiger partial charge on any atom is 0.416 e. The highest BCUT2D eigenvalue weighted by molar-refractivity contribution is 7.17. The maximum absolute atomic E-state index is 13.1. The molecule has 5 nitrogen and oxygen atoms in total. The highest BCUT2D eigenvalue weighted by Crippen LogP contribution is 2.35. The smallest absolute Gasteiger partial charge is 0.416 e. The van der Waals surface area contributed by atoms with Crippen LogP contribution in [0.15, 0.2) is 34.4 Å². The number of fused-ring (bicyclic) bond motifs is 1. The summed E-state index contributed by atoms with van der Waals surface area (Å²) >= 11 is 1.28. The Labute approximate surface area is 162 Å². The van der Waals surface area contributed by atoms with Crippen molar-refractivity contribution >= 4 is 33.1 Å². The van der Waals surface area contributed by atoms with Gasteiger partial charge in [-0.25, -0.2) is 0 Å². The zero-order chi connectivity index (χ0) is 20.8. The molecular weight excluding hydrogens is 393 g/mol. The van der Waals surface area contributed by atoms with E-state index in [4.69, 9.17) is 0 Å². The van der Waals surface area contributed by atoms with E-state index in [2.05, 4.69) is 0 Å². The zero-order valence-corrected chi connectivity index (χ0v) is 16.1. The van der Waals surface area contributed by atoms with E-state index < -0.39 is 34.5 Å². The Balaban J connectivity index is 2.12. The average Bonchev–Trinajstić information content (AvgIpc) is 3.02. The second-order valence-electron chi connectivity index (χ2n) is 6.28. The van der Waals surface area contributed by atoms with Gasteiger partial charge < -0.3 is 14.6 Å². The van der Waals surface area contributed by atoms with Crippen LogP contribution in [0.5, 0.6) is 5.75 Å². The topological polar surface area (TPSA) is 62.5 Å². The molecule has 9 heteroatoms. The number of rotatable bonds is 3. The molecule has 0 aliphatic carbocycles. The van der Waals surface area contributed by atoms with Crippen LogP contribution in [-0.2, 0) is 13.2 Å². The Hall–Kier alpha value is -2.81. The van der Waals surface area contributed by atoms with Crippen molar-refractivity contribution in [1.82, 2.24) is 4.57 Å². The first-order chi connectivity index (χ1) is 13.1. The van der Waals surface area contributed by atoms with Crippen molar-refractivity contribution in [2.75, 3.05) is 11.4 Å². The maximum atomic E-state index is 13.1. The number of carbonyl (C=O) groups excluding carboxylic acids is 1. The number of amides is 1. The molecule has 2 heterocycles. The van der Waals surface area contributed by atoms with Crippen molar-refractivity contribution in [2.24, 2.45) is 7.05 Å². The number of pyridine rings is 1. The van der Waals surface area contributed by atoms with Gasteiger partial charge in [-0.1, -0.05) is 0 Å². The summed E-state index contributed by atoms with van der Waals surface area (Å²) in [5.74, 6) is -1.18. The van der Waals surface area contributed by atoms with E-state index in [1.165, 1.54) is 35.1 Å². The molecule has 0 fully saturated rings. The predicted molar refractivity (Wildman–Crippen MR) is 102 cm³/mol. The van der Waals surface area contributed by atoms with E-state index in [1.807, 2.05) is 0 Å². The third-order valence-corrected chi connectivity index (χ3v) is 5.71. The third-order valence-electron chi connectivity index (χ3n) is 4.53. The second-order valence-corrected chi connectivity index (χ2v) is 7.14. The molecule has 0 spiro atoms. The van der Waals surface area contributed by atoms with Gasteiger partial charge >= 0.3 is 6.18 Å². The average molecular weight is 410 g/mol. The van der Waals surface area contributed by atoms with Gasteiger partial charge in [0.2, 0.25) is 0 Å². The van der Waals surface area contributed by atoms with Crippen LogP contribution in [0, 0.1) is 6.92 Å². The van der Waals surface area contributed by atoms with Gasteiger partial charge in [0.05, 0.1) is 10.9 Å². The molecule has 0 unspecified atom stereocenters. The lowest BCUT2D eigenvalue weighted by molar-refractivity contribution is -0.137. The second kappa shape index (κ2) is 6.97. The Morgan fingerprint density at radius 1 is 1.25 bits per heavy atom. The van der Waals surface area contributed by atoms with Crippen LogP contribution in [0.25, 0.3) is 10.2 Å². The molecule has 3 aromatic rings. The molecule has 0 atom stereocenters. The Morgan fingerprint density at radius 2 is 1.86 bits per heavy atom. The fourth-order valence-electron chi connectivity index (χ4n) is 3.05. The summed E-state index contributed by atoms with van der Waals surface area (Å²) in [5, 5.41) is 12.8. The number of halogens is 3. The highest BCUT2D eigenvalue weighted by atomic mass is 32.1. The minimum absolute atomic E-state index is 0.105. The van der Waals surface area contributed by atoms with Crippen LogP contribution in [-0.4, -0.2) is 22.1 Å². The molecule has 148 valence electrons. The van der Waals surface area contributed by atoms with Gasteiger partial charge in [-0.05, 0) is 49.1 Å². The van der Waals surface area contributed by atoms with Crippen molar-refractivity contribution in [3.05, 3.63) is 56.7 Å². The monoisotopic (exact) mass is 410 g/mol. The SMILES string of the molecule is CCN(C(=O)c1c(O)c2c(C)csc2n(C)c1=O)c1ccc(C(F)(F)F)cc1. The van der Waals surface area contributed by atoms with Gasteiger partial charge in [-0.15, -0.1) is 11.3 Å². The lowest BCUT2D eigenvalue weighted by atomic mass is 10.1. The number of alkyl halides is 3. The number of benzene rings is 1. The first-order valence-corrected chi connectivity index (χ1v) is 9.24. The summed E-state index contributed by atoms with van der Waals surface area (Å²) in [5.41, 5.74) is -0.988. The van der Waals surface area contributed by atoms with Gasteiger partial charge in [-0.3, -0.25) is 9.59 Å². The standard InChI is InChI=1S/C19H17F3N2O3S/c1-4-24(12-7-5-11(6-8-12)19(20,21)22)17(27)14-15(25)13-10(2)9-28-18(13)23(3)16(14)26/h5-9,25H,4H2,1-3H3. The van der Waals surface area contributed by atoms with Gasteiger partial charge in [-0.2, -0.15) is 13.2 Å². The van der Waals surface area contributed by atoms with Crippen molar-refractivity contribution in [3.8, 4) is 5.75 Å². The Morgan fingerprint density at radius 3 is 2.39 bits per heavy atom. The number of anilines is 1. The number of aromatic nitrogens is 1. The molecule has 28 heavy (non-hydrogen) atoms. The first-order valence-electron chi connectivity index (χ1n) is 8.36. The van der Waals surface area contributed by atoms with E-state index in [0.29, 0.717) is 10.2 Å². The number of aromatic hydroxyl groups is 1. The number of nitrogens with zero attached hydrogens (tertiary/aromatic N) is 2. The fourth-order valence-corrected chi connectivity index (χ4v) is 4.08. The van der Waals surface area contributed by atoms with Crippen molar-refractivity contribution in [2.45, 2.75) is 20.0 Å². The van der Waals surface area contributed by atoms with Gasteiger partial charge in [0, 0.05) is 19.3 Å². The normalized spacial score (nSPS) is 11.8. The zero-order valence-electron chi connectivity index (χ0n) is 15.3. The molecule has 3 rings (SSSR count). The van der Waals surface area contributed by atoms with E-state index in [9.17, 15) is 27.9 Å². The van der Waals surface area contributed by atoms with E-state index in [1.54, 1.807) is 19.2 Å². The molecule has 0 bridgehead atoms. The van der Waals surface area contributed by atoms with Crippen molar-refractivity contribution < 1.29 is 23.1 Å². The minimum Gasteiger partial charge on any atom is -0.506 e. The van der Waals surface area contributed by atoms with Crippen molar-refractivity contribution in [1.29, 1.82) is 0 Å². The molecule has 2 aromatic heterocycles. The van der Waals surface area contributed by atoms with Crippen LogP contribution in [0.4, 0.5) is 18.9 Å². The molecule has 0 aliphatic heterocycles. The summed E-state index contributed by atoms with van der Waals surface area (Å²) in [4.78, 5) is 27.5.